The van der Waals surface area contributed by atoms with Gasteiger partial charge in [0.25, 0.3) is 0 Å². The summed E-state index contributed by atoms with van der Waals surface area (Å²) in [7, 11) is 1.84. The Morgan fingerprint density at radius 1 is 1.24 bits per heavy atom. The molecular formula is C15H26N2O4. The summed E-state index contributed by atoms with van der Waals surface area (Å²) < 4.78 is 0. The molecule has 0 atom stereocenters. The van der Waals surface area contributed by atoms with Crippen molar-refractivity contribution in [2.24, 2.45) is 5.92 Å². The smallest absolute Gasteiger partial charge is 0.306 e. The lowest BCUT2D eigenvalue weighted by molar-refractivity contribution is -0.145. The van der Waals surface area contributed by atoms with Crippen molar-refractivity contribution >= 4 is 11.9 Å². The Balaban J connectivity index is 1.77. The maximum Gasteiger partial charge on any atom is 0.306 e. The number of carbonyl (C=O) groups excluding carboxylic acids is 1. The van der Waals surface area contributed by atoms with Crippen molar-refractivity contribution in [1.82, 2.24) is 9.80 Å². The van der Waals surface area contributed by atoms with Crippen LogP contribution in [0.5, 0.6) is 0 Å². The van der Waals surface area contributed by atoms with Gasteiger partial charge in [0.05, 0.1) is 18.1 Å². The van der Waals surface area contributed by atoms with Gasteiger partial charge in [-0.25, -0.2) is 0 Å². The number of rotatable bonds is 5. The molecule has 1 saturated heterocycles. The fourth-order valence-corrected chi connectivity index (χ4v) is 3.42. The normalized spacial score (nSPS) is 29.9. The van der Waals surface area contributed by atoms with Crippen LogP contribution >= 0.6 is 0 Å². The molecule has 1 aliphatic carbocycles. The highest BCUT2D eigenvalue weighted by Gasteiger charge is 2.36. The SMILES string of the molecule is CN(CC(=O)N1CCCC1)CC1(O)CCC(C(=O)O)CC1. The standard InChI is InChI=1S/C15H26N2O4/c1-16(10-13(18)17-8-2-3-9-17)11-15(21)6-4-12(5-7-15)14(19)20/h12,21H,2-11H2,1H3,(H,19,20). The van der Waals surface area contributed by atoms with Crippen LogP contribution in [0.15, 0.2) is 0 Å². The zero-order chi connectivity index (χ0) is 15.5. The van der Waals surface area contributed by atoms with Crippen LogP contribution in [0.2, 0.25) is 0 Å². The molecule has 2 N–H and O–H groups in total. The zero-order valence-electron chi connectivity index (χ0n) is 12.8. The van der Waals surface area contributed by atoms with E-state index in [0.29, 0.717) is 38.8 Å². The Morgan fingerprint density at radius 2 is 1.81 bits per heavy atom. The molecule has 0 aromatic rings. The van der Waals surface area contributed by atoms with E-state index in [9.17, 15) is 14.7 Å². The second-order valence-electron chi connectivity index (χ2n) is 6.60. The Morgan fingerprint density at radius 3 is 2.33 bits per heavy atom. The van der Waals surface area contributed by atoms with Crippen molar-refractivity contribution in [2.45, 2.75) is 44.1 Å². The van der Waals surface area contributed by atoms with Crippen molar-refractivity contribution in [2.75, 3.05) is 33.2 Å². The minimum absolute atomic E-state index is 0.123. The molecule has 0 spiro atoms. The third kappa shape index (κ3) is 4.41. The predicted molar refractivity (Wildman–Crippen MR) is 77.9 cm³/mol. The van der Waals surface area contributed by atoms with E-state index in [1.54, 1.807) is 0 Å². The van der Waals surface area contributed by atoms with Gasteiger partial charge in [-0.15, -0.1) is 0 Å². The van der Waals surface area contributed by atoms with E-state index in [2.05, 4.69) is 0 Å². The van der Waals surface area contributed by atoms with Gasteiger partial charge < -0.3 is 15.1 Å². The van der Waals surface area contributed by atoms with Gasteiger partial charge in [-0.2, -0.15) is 0 Å². The van der Waals surface area contributed by atoms with Crippen molar-refractivity contribution in [3.63, 3.8) is 0 Å². The summed E-state index contributed by atoms with van der Waals surface area (Å²) in [6.45, 7) is 2.44. The molecule has 120 valence electrons. The van der Waals surface area contributed by atoms with Gasteiger partial charge >= 0.3 is 5.97 Å². The Kier molecular flexibility index (Phi) is 5.22. The number of hydrogen-bond donors (Lipinski definition) is 2. The first-order valence-electron chi connectivity index (χ1n) is 7.81. The summed E-state index contributed by atoms with van der Waals surface area (Å²) in [6.07, 6.45) is 4.17. The largest absolute Gasteiger partial charge is 0.481 e. The summed E-state index contributed by atoms with van der Waals surface area (Å²) in [5.74, 6) is -0.978. The fraction of sp³-hybridized carbons (Fsp3) is 0.867. The molecule has 0 aromatic carbocycles. The molecule has 1 heterocycles. The average molecular weight is 298 g/mol. The minimum atomic E-state index is -0.855. The first-order chi connectivity index (χ1) is 9.89. The van der Waals surface area contributed by atoms with Crippen molar-refractivity contribution < 1.29 is 19.8 Å². The van der Waals surface area contributed by atoms with E-state index < -0.39 is 11.6 Å². The fourth-order valence-electron chi connectivity index (χ4n) is 3.42. The molecule has 21 heavy (non-hydrogen) atoms. The monoisotopic (exact) mass is 298 g/mol. The van der Waals surface area contributed by atoms with E-state index >= 15 is 0 Å². The van der Waals surface area contributed by atoms with Crippen LogP contribution in [0.1, 0.15) is 38.5 Å². The number of aliphatic hydroxyl groups is 1. The van der Waals surface area contributed by atoms with Crippen LogP contribution in [-0.4, -0.2) is 70.7 Å². The van der Waals surface area contributed by atoms with Crippen LogP contribution in [0.3, 0.4) is 0 Å². The van der Waals surface area contributed by atoms with Gasteiger partial charge in [-0.3, -0.25) is 14.5 Å². The highest BCUT2D eigenvalue weighted by molar-refractivity contribution is 5.78. The average Bonchev–Trinajstić information content (AvgIpc) is 2.92. The molecule has 2 rings (SSSR count). The Hall–Kier alpha value is -1.14. The quantitative estimate of drug-likeness (QED) is 0.774. The van der Waals surface area contributed by atoms with Gasteiger partial charge in [0.15, 0.2) is 0 Å². The lowest BCUT2D eigenvalue weighted by Crippen LogP contribution is -2.47. The molecule has 0 unspecified atom stereocenters. The summed E-state index contributed by atoms with van der Waals surface area (Å²) in [5, 5.41) is 19.5. The summed E-state index contributed by atoms with van der Waals surface area (Å²) in [4.78, 5) is 26.7. The highest BCUT2D eigenvalue weighted by Crippen LogP contribution is 2.32. The van der Waals surface area contributed by atoms with Crippen LogP contribution in [0, 0.1) is 5.92 Å². The molecule has 0 bridgehead atoms. The van der Waals surface area contributed by atoms with Crippen LogP contribution in [-0.2, 0) is 9.59 Å². The second-order valence-corrected chi connectivity index (χ2v) is 6.60. The first kappa shape index (κ1) is 16.2. The van der Waals surface area contributed by atoms with Crippen molar-refractivity contribution in [3.05, 3.63) is 0 Å². The number of carboxylic acids is 1. The topological polar surface area (TPSA) is 81.1 Å². The summed E-state index contributed by atoms with van der Waals surface area (Å²) >= 11 is 0. The molecule has 6 heteroatoms. The van der Waals surface area contributed by atoms with Gasteiger partial charge in [-0.1, -0.05) is 0 Å². The highest BCUT2D eigenvalue weighted by atomic mass is 16.4. The summed E-state index contributed by atoms with van der Waals surface area (Å²) in [5.41, 5.74) is -0.855. The molecule has 1 saturated carbocycles. The Bertz CT molecular complexity index is 385. The Labute approximate surface area is 125 Å². The van der Waals surface area contributed by atoms with Crippen molar-refractivity contribution in [3.8, 4) is 0 Å². The number of hydrogen-bond acceptors (Lipinski definition) is 4. The lowest BCUT2D eigenvalue weighted by Gasteiger charge is -2.37. The third-order valence-corrected chi connectivity index (χ3v) is 4.69. The van der Waals surface area contributed by atoms with Crippen molar-refractivity contribution in [1.29, 1.82) is 0 Å². The molecule has 2 fully saturated rings. The zero-order valence-corrected chi connectivity index (χ0v) is 12.8. The number of carbonyl (C=O) groups is 2. The van der Waals surface area contributed by atoms with Crippen LogP contribution in [0.4, 0.5) is 0 Å². The van der Waals surface area contributed by atoms with Gasteiger partial charge in [0.1, 0.15) is 0 Å². The number of amides is 1. The molecule has 2 aliphatic rings. The maximum absolute atomic E-state index is 12.1. The predicted octanol–water partition coefficient (Wildman–Crippen LogP) is 0.547. The minimum Gasteiger partial charge on any atom is -0.481 e. The van der Waals surface area contributed by atoms with E-state index in [1.165, 1.54) is 0 Å². The van der Waals surface area contributed by atoms with Crippen LogP contribution in [0.25, 0.3) is 0 Å². The number of nitrogens with zero attached hydrogens (tertiary/aromatic N) is 2. The van der Waals surface area contributed by atoms with E-state index in [1.807, 2.05) is 16.8 Å². The first-order valence-corrected chi connectivity index (χ1v) is 7.81. The van der Waals surface area contributed by atoms with Gasteiger partial charge in [0.2, 0.25) is 5.91 Å². The molecular weight excluding hydrogens is 272 g/mol. The molecule has 0 aromatic heterocycles. The van der Waals surface area contributed by atoms with E-state index in [0.717, 1.165) is 25.9 Å². The van der Waals surface area contributed by atoms with E-state index in [-0.39, 0.29) is 11.8 Å². The molecule has 1 amide bonds. The number of likely N-dealkylation sites (tertiary alicyclic amines) is 1. The third-order valence-electron chi connectivity index (χ3n) is 4.69. The molecule has 1 aliphatic heterocycles. The lowest BCUT2D eigenvalue weighted by atomic mass is 9.78. The number of aliphatic carboxylic acids is 1. The summed E-state index contributed by atoms with van der Waals surface area (Å²) in [6, 6.07) is 0. The van der Waals surface area contributed by atoms with Crippen LogP contribution < -0.4 is 0 Å². The molecule has 0 radical (unpaired) electrons. The number of carboxylic acid groups (broad SMARTS) is 1. The molecule has 6 nitrogen and oxygen atoms in total. The number of likely N-dealkylation sites (N-methyl/N-ethyl adjacent to an activating group) is 1. The van der Waals surface area contributed by atoms with Gasteiger partial charge in [-0.05, 0) is 45.6 Å². The van der Waals surface area contributed by atoms with E-state index in [4.69, 9.17) is 5.11 Å². The van der Waals surface area contributed by atoms with Gasteiger partial charge in [0, 0.05) is 19.6 Å². The second kappa shape index (κ2) is 6.75. The maximum atomic E-state index is 12.1.